The molecule has 3 aliphatic rings. The highest BCUT2D eigenvalue weighted by atomic mass is 127. The Morgan fingerprint density at radius 2 is 0.800 bits per heavy atom. The Kier molecular flexibility index (Phi) is 7.55. The maximum atomic E-state index is 2.53. The van der Waals surface area contributed by atoms with Crippen molar-refractivity contribution in [2.75, 3.05) is 40.3 Å². The van der Waals surface area contributed by atoms with Crippen LogP contribution in [0.4, 0.5) is 0 Å². The van der Waals surface area contributed by atoms with E-state index in [1.54, 1.807) is 0 Å². The number of hydrogen-bond acceptors (Lipinski definition) is 0. The van der Waals surface area contributed by atoms with Crippen LogP contribution in [0.2, 0.25) is 0 Å². The van der Waals surface area contributed by atoms with Crippen LogP contribution < -0.4 is 48.0 Å². The largest absolute Gasteiger partial charge is 1.00 e. The van der Waals surface area contributed by atoms with Gasteiger partial charge in [-0.1, -0.05) is 0 Å². The first-order chi connectivity index (χ1) is 8.62. The molecule has 0 radical (unpaired) electrons. The summed E-state index contributed by atoms with van der Waals surface area (Å²) in [6, 6.07) is 2.00. The minimum Gasteiger partial charge on any atom is -1.00 e. The van der Waals surface area contributed by atoms with Gasteiger partial charge in [-0.15, -0.1) is 0 Å². The summed E-state index contributed by atoms with van der Waals surface area (Å²) < 4.78 is 2.83. The maximum absolute atomic E-state index is 2.53. The molecule has 1 aliphatic carbocycles. The van der Waals surface area contributed by atoms with E-state index in [1.807, 2.05) is 0 Å². The molecule has 0 unspecified atom stereocenters. The van der Waals surface area contributed by atoms with Crippen molar-refractivity contribution < 1.29 is 56.9 Å². The number of quaternary nitrogens is 2. The van der Waals surface area contributed by atoms with Gasteiger partial charge in [0.1, 0.15) is 0 Å². The minimum atomic E-state index is 0. The van der Waals surface area contributed by atoms with Gasteiger partial charge in [-0.2, -0.15) is 0 Å². The van der Waals surface area contributed by atoms with Crippen LogP contribution in [0.5, 0.6) is 0 Å². The van der Waals surface area contributed by atoms with Crippen molar-refractivity contribution in [3.8, 4) is 0 Å². The first kappa shape index (κ1) is 19.4. The van der Waals surface area contributed by atoms with Crippen molar-refractivity contribution >= 4 is 0 Å². The van der Waals surface area contributed by atoms with E-state index in [2.05, 4.69) is 14.1 Å². The molecule has 3 fully saturated rings. The zero-order valence-corrected chi connectivity index (χ0v) is 17.6. The smallest absolute Gasteiger partial charge is 0.0892 e. The van der Waals surface area contributed by atoms with E-state index in [0.29, 0.717) is 0 Å². The molecule has 3 rings (SSSR count). The highest BCUT2D eigenvalue weighted by Gasteiger charge is 2.43. The zero-order valence-electron chi connectivity index (χ0n) is 13.3. The molecule has 2 heterocycles. The van der Waals surface area contributed by atoms with Gasteiger partial charge in [0.15, 0.2) is 0 Å². The molecule has 0 aromatic heterocycles. The quantitative estimate of drug-likeness (QED) is 0.274. The van der Waals surface area contributed by atoms with Crippen LogP contribution in [-0.4, -0.2) is 61.3 Å². The molecule has 20 heavy (non-hydrogen) atoms. The molecule has 0 N–H and O–H groups in total. The predicted molar refractivity (Wildman–Crippen MR) is 76.3 cm³/mol. The summed E-state index contributed by atoms with van der Waals surface area (Å²) in [6.07, 6.45) is 11.9. The SMILES string of the molecule is C[N+]1(C2CCC([N+]3(C)CCCC3)CC2)CCCC1.[I-].[I-]. The monoisotopic (exact) mass is 506 g/mol. The summed E-state index contributed by atoms with van der Waals surface area (Å²) in [5.41, 5.74) is 0. The molecule has 0 bridgehead atoms. The lowest BCUT2D eigenvalue weighted by atomic mass is 9.87. The average molecular weight is 506 g/mol. The van der Waals surface area contributed by atoms with E-state index < -0.39 is 0 Å². The molecule has 2 nitrogen and oxygen atoms in total. The van der Waals surface area contributed by atoms with Gasteiger partial charge in [0, 0.05) is 51.4 Å². The average Bonchev–Trinajstić information content (AvgIpc) is 3.01. The molecule has 120 valence electrons. The summed E-state index contributed by atoms with van der Waals surface area (Å²) in [7, 11) is 5.06. The van der Waals surface area contributed by atoms with Crippen molar-refractivity contribution in [2.24, 2.45) is 0 Å². The van der Waals surface area contributed by atoms with Crippen LogP contribution >= 0.6 is 0 Å². The first-order valence-corrected chi connectivity index (χ1v) is 8.31. The summed E-state index contributed by atoms with van der Waals surface area (Å²) in [6.45, 7) is 5.84. The van der Waals surface area contributed by atoms with E-state index >= 15 is 0 Å². The van der Waals surface area contributed by atoms with Crippen molar-refractivity contribution in [1.82, 2.24) is 0 Å². The van der Waals surface area contributed by atoms with Crippen molar-refractivity contribution in [3.05, 3.63) is 0 Å². The van der Waals surface area contributed by atoms with Crippen LogP contribution in [-0.2, 0) is 0 Å². The number of likely N-dealkylation sites (tertiary alicyclic amines) is 2. The molecule has 0 aromatic rings. The first-order valence-electron chi connectivity index (χ1n) is 8.31. The standard InChI is InChI=1S/C16H32N2.2HI/c1-17(11-3-4-12-17)15-7-9-16(10-8-15)18(2)13-5-6-14-18;;/h15-16H,3-14H2,1-2H3;2*1H/q+2;;/p-2. The lowest BCUT2D eigenvalue weighted by Crippen LogP contribution is -3.00. The fourth-order valence-corrected chi connectivity index (χ4v) is 5.15. The summed E-state index contributed by atoms with van der Waals surface area (Å²) in [5.74, 6) is 0. The third kappa shape index (κ3) is 3.82. The Balaban J connectivity index is 0.000001000. The molecule has 4 heteroatoms. The normalized spacial score (nSPS) is 35.1. The van der Waals surface area contributed by atoms with Crippen LogP contribution in [0.1, 0.15) is 51.4 Å². The summed E-state index contributed by atoms with van der Waals surface area (Å²) in [4.78, 5) is 0. The van der Waals surface area contributed by atoms with Gasteiger partial charge in [0.25, 0.3) is 0 Å². The van der Waals surface area contributed by atoms with Gasteiger partial charge in [0.05, 0.1) is 52.4 Å². The lowest BCUT2D eigenvalue weighted by molar-refractivity contribution is -0.937. The van der Waals surface area contributed by atoms with E-state index in [0.717, 1.165) is 12.1 Å². The molecule has 0 aromatic carbocycles. The van der Waals surface area contributed by atoms with Crippen LogP contribution in [0, 0.1) is 0 Å². The Morgan fingerprint density at radius 3 is 1.05 bits per heavy atom. The second-order valence-corrected chi connectivity index (χ2v) is 7.73. The predicted octanol–water partition coefficient (Wildman–Crippen LogP) is -3.21. The van der Waals surface area contributed by atoms with E-state index in [9.17, 15) is 0 Å². The Bertz CT molecular complexity index is 259. The topological polar surface area (TPSA) is 0 Å². The van der Waals surface area contributed by atoms with E-state index in [-0.39, 0.29) is 48.0 Å². The van der Waals surface area contributed by atoms with Gasteiger partial charge in [-0.05, 0) is 0 Å². The second kappa shape index (κ2) is 7.77. The Labute approximate surface area is 159 Å². The molecule has 2 aliphatic heterocycles. The Morgan fingerprint density at radius 1 is 0.550 bits per heavy atom. The number of hydrogen-bond donors (Lipinski definition) is 0. The number of nitrogens with zero attached hydrogens (tertiary/aromatic N) is 2. The highest BCUT2D eigenvalue weighted by Crippen LogP contribution is 2.36. The van der Waals surface area contributed by atoms with Gasteiger partial charge in [-0.25, -0.2) is 0 Å². The Hall–Kier alpha value is 1.38. The minimum absolute atomic E-state index is 0. The van der Waals surface area contributed by atoms with E-state index in [1.165, 1.54) is 86.5 Å². The van der Waals surface area contributed by atoms with Crippen LogP contribution in [0.15, 0.2) is 0 Å². The van der Waals surface area contributed by atoms with Crippen molar-refractivity contribution in [3.63, 3.8) is 0 Å². The molecule has 0 spiro atoms. The number of halogens is 2. The van der Waals surface area contributed by atoms with Crippen molar-refractivity contribution in [1.29, 1.82) is 0 Å². The van der Waals surface area contributed by atoms with Gasteiger partial charge >= 0.3 is 0 Å². The van der Waals surface area contributed by atoms with Crippen LogP contribution in [0.3, 0.4) is 0 Å². The summed E-state index contributed by atoms with van der Waals surface area (Å²) >= 11 is 0. The fraction of sp³-hybridized carbons (Fsp3) is 1.00. The molecule has 0 atom stereocenters. The fourth-order valence-electron chi connectivity index (χ4n) is 5.15. The second-order valence-electron chi connectivity index (χ2n) is 7.73. The maximum Gasteiger partial charge on any atom is 0.0892 e. The summed E-state index contributed by atoms with van der Waals surface area (Å²) in [5, 5.41) is 0. The van der Waals surface area contributed by atoms with E-state index in [4.69, 9.17) is 0 Å². The number of rotatable bonds is 2. The highest BCUT2D eigenvalue weighted by molar-refractivity contribution is 4.77. The lowest BCUT2D eigenvalue weighted by Gasteiger charge is -2.46. The third-order valence-electron chi connectivity index (χ3n) is 6.61. The molecular formula is C16H32I2N2. The molecule has 2 saturated heterocycles. The van der Waals surface area contributed by atoms with Crippen molar-refractivity contribution in [2.45, 2.75) is 63.5 Å². The van der Waals surface area contributed by atoms with Gasteiger partial charge in [-0.3, -0.25) is 0 Å². The molecular weight excluding hydrogens is 474 g/mol. The van der Waals surface area contributed by atoms with Gasteiger partial charge in [0.2, 0.25) is 0 Å². The van der Waals surface area contributed by atoms with Gasteiger partial charge < -0.3 is 56.9 Å². The van der Waals surface area contributed by atoms with Crippen LogP contribution in [0.25, 0.3) is 0 Å². The zero-order chi connectivity index (χ0) is 12.6. The third-order valence-corrected chi connectivity index (χ3v) is 6.61. The molecule has 0 amide bonds. The molecule has 1 saturated carbocycles.